The summed E-state index contributed by atoms with van der Waals surface area (Å²) in [5.41, 5.74) is -0.806. The Kier molecular flexibility index (Phi) is 33.4. The molecular formula is C87H69F21N24O5S4. The molecule has 0 aliphatic rings. The molecule has 4 atom stereocenters. The van der Waals surface area contributed by atoms with Crippen LogP contribution >= 0.6 is 45.3 Å². The number of benzene rings is 4. The van der Waals surface area contributed by atoms with E-state index in [9.17, 15) is 111 Å². The zero-order valence-electron chi connectivity index (χ0n) is 71.9. The smallest absolute Gasteiger partial charge is 0.416 e. The van der Waals surface area contributed by atoms with E-state index in [1.807, 2.05) is 0 Å². The Hall–Kier alpha value is -15.2. The van der Waals surface area contributed by atoms with Gasteiger partial charge in [-0.15, -0.1) is 43.1 Å². The molecule has 0 aliphatic heterocycles. The predicted molar refractivity (Wildman–Crippen MR) is 473 cm³/mol. The molecule has 0 radical (unpaired) electrons. The molecule has 141 heavy (non-hydrogen) atoms. The van der Waals surface area contributed by atoms with Crippen molar-refractivity contribution in [2.75, 3.05) is 28.3 Å². The van der Waals surface area contributed by atoms with Gasteiger partial charge in [0.15, 0.2) is 10.0 Å². The second-order valence-electron chi connectivity index (χ2n) is 29.2. The number of halogens is 21. The third kappa shape index (κ3) is 27.4. The molecule has 4 aromatic carbocycles. The van der Waals surface area contributed by atoms with Gasteiger partial charge in [0.2, 0.25) is 10.0 Å². The van der Waals surface area contributed by atoms with Crippen LogP contribution in [0.5, 0.6) is 0 Å². The highest BCUT2D eigenvalue weighted by atomic mass is 32.1. The fourth-order valence-corrected chi connectivity index (χ4v) is 15.9. The van der Waals surface area contributed by atoms with E-state index in [1.54, 1.807) is 82.1 Å². The lowest BCUT2D eigenvalue weighted by atomic mass is 9.98. The van der Waals surface area contributed by atoms with Crippen molar-refractivity contribution in [3.8, 4) is 42.5 Å². The molecule has 0 aliphatic carbocycles. The fraction of sp³-hybridized carbons (Fsp3) is 0.218. The molecule has 54 heteroatoms. The van der Waals surface area contributed by atoms with Crippen molar-refractivity contribution in [1.29, 1.82) is 0 Å². The Balaban J connectivity index is 0.000000173. The van der Waals surface area contributed by atoms with Gasteiger partial charge in [0.05, 0.1) is 173 Å². The number of esters is 1. The summed E-state index contributed by atoms with van der Waals surface area (Å²) in [6.45, 7) is 9.42. The summed E-state index contributed by atoms with van der Waals surface area (Å²) in [4.78, 5) is 83.4. The van der Waals surface area contributed by atoms with Gasteiger partial charge in [0, 0.05) is 74.4 Å². The summed E-state index contributed by atoms with van der Waals surface area (Å²) in [7, 11) is 0. The lowest BCUT2D eigenvalue weighted by Gasteiger charge is -2.20. The van der Waals surface area contributed by atoms with E-state index in [1.165, 1.54) is 147 Å². The number of ether oxygens (including phenoxy) is 1. The van der Waals surface area contributed by atoms with Gasteiger partial charge < -0.3 is 26.4 Å². The molecule has 2 unspecified atom stereocenters. The predicted octanol–water partition coefficient (Wildman–Crippen LogP) is 22.9. The minimum absolute atomic E-state index is 0. The van der Waals surface area contributed by atoms with Crippen molar-refractivity contribution in [2.24, 2.45) is 0 Å². The van der Waals surface area contributed by atoms with Gasteiger partial charge in [-0.25, -0.2) is 4.79 Å². The number of carbonyl (C=O) groups is 4. The van der Waals surface area contributed by atoms with Crippen molar-refractivity contribution >= 4 is 91.8 Å². The first-order valence-corrected chi connectivity index (χ1v) is 43.1. The minimum atomic E-state index is -5.02. The van der Waals surface area contributed by atoms with Crippen LogP contribution in [0.15, 0.2) is 221 Å². The number of amides is 3. The van der Waals surface area contributed by atoms with Crippen LogP contribution in [0.4, 0.5) is 115 Å². The summed E-state index contributed by atoms with van der Waals surface area (Å²) in [5.74, 6) is -2.05. The molecule has 0 spiro atoms. The van der Waals surface area contributed by atoms with E-state index in [0.717, 1.165) is 70.7 Å². The number of hydrogen-bond donors (Lipinski definition) is 4. The van der Waals surface area contributed by atoms with Gasteiger partial charge in [-0.2, -0.15) is 113 Å². The average Bonchev–Trinajstić information content (AvgIpc) is 1.77. The summed E-state index contributed by atoms with van der Waals surface area (Å²) < 4.78 is 287. The molecule has 5 N–H and O–H groups in total. The van der Waals surface area contributed by atoms with Gasteiger partial charge in [-0.3, -0.25) is 73.0 Å². The largest absolute Gasteiger partial charge is 0.461 e. The number of hydrogen-bond acceptors (Lipinski definition) is 26. The second-order valence-corrected chi connectivity index (χ2v) is 33.3. The van der Waals surface area contributed by atoms with E-state index in [-0.39, 0.29) is 58.3 Å². The Morgan fingerprint density at radius 3 is 0.993 bits per heavy atom. The van der Waals surface area contributed by atoms with E-state index in [0.29, 0.717) is 78.6 Å². The third-order valence-electron chi connectivity index (χ3n) is 19.5. The minimum Gasteiger partial charge on any atom is -0.461 e. The van der Waals surface area contributed by atoms with Gasteiger partial charge in [-0.05, 0) is 131 Å². The van der Waals surface area contributed by atoms with Crippen LogP contribution in [0.1, 0.15) is 172 Å². The zero-order chi connectivity index (χ0) is 102. The number of thiophene rings is 2. The average molecular weight is 2060 g/mol. The van der Waals surface area contributed by atoms with Crippen LogP contribution in [0, 0.1) is 6.92 Å². The fourth-order valence-electron chi connectivity index (χ4n) is 12.7. The summed E-state index contributed by atoms with van der Waals surface area (Å²) in [5, 5.41) is 40.0. The normalized spacial score (nSPS) is 12.6. The maximum Gasteiger partial charge on any atom is 0.416 e. The standard InChI is InChI=1S/2C22H15F6N5OS.C20H13F6N7OS.C13H14F3N3.C9H8N4O2S.CH4/c2*1-12(15-3-2-13(21(23,24)25)8-16(15)22(26,27)28)33-11-14(9-31-33)32-20(34)19-5-4-18(35-19)17-10-29-6-7-30-17;1-10(13-3-2-11(19(21,22)23)6-14(13)20(24,25)26)33-9-12(7-29-33)30-16(34)18-32-31-17(35-18)15-8-27-4-5-28-15;1-8-3-4-11(12(5-8)13(14,15)16)9(2)19-7-10(17)6-18-19;1-2-15-9(14)8-13-12-7(16-8)6-5-10-3-4-11-6;/h2*2-12H,1H3,(H,32,34);2-10H,1H3,(H,30,34);3-7,9H,17H2,1-2H3;3-5H,2H2,1H3;1H4/t2*12-;;;;/m10..../s1. The van der Waals surface area contributed by atoms with E-state index in [2.05, 4.69) is 96.6 Å². The van der Waals surface area contributed by atoms with Gasteiger partial charge >= 0.3 is 49.2 Å². The Bertz CT molecular complexity index is 6470. The molecule has 0 saturated carbocycles. The molecule has 29 nitrogen and oxygen atoms in total. The first-order valence-electron chi connectivity index (χ1n) is 39.9. The Morgan fingerprint density at radius 1 is 0.362 bits per heavy atom. The lowest BCUT2D eigenvalue weighted by molar-refractivity contribution is -0.145. The molecule has 0 saturated heterocycles. The van der Waals surface area contributed by atoms with Crippen molar-refractivity contribution in [1.82, 2.24) is 99.4 Å². The molecule has 12 aromatic heterocycles. The highest BCUT2D eigenvalue weighted by Gasteiger charge is 2.44. The summed E-state index contributed by atoms with van der Waals surface area (Å²) >= 11 is 4.43. The molecule has 738 valence electrons. The molecular weight excluding hydrogens is 1990 g/mol. The van der Waals surface area contributed by atoms with Crippen molar-refractivity contribution < 1.29 is 116 Å². The van der Waals surface area contributed by atoms with Crippen LogP contribution in [0.25, 0.3) is 42.5 Å². The maximum atomic E-state index is 13.5. The number of nitrogens with one attached hydrogen (secondary N) is 3. The van der Waals surface area contributed by atoms with E-state index in [4.69, 9.17) is 10.5 Å². The molecule has 3 amide bonds. The van der Waals surface area contributed by atoms with Crippen LogP contribution in [0.3, 0.4) is 0 Å². The highest BCUT2D eigenvalue weighted by molar-refractivity contribution is 7.18. The molecule has 16 aromatic rings. The van der Waals surface area contributed by atoms with Crippen LogP contribution < -0.4 is 21.7 Å². The molecule has 12 heterocycles. The monoisotopic (exact) mass is 2060 g/mol. The SMILES string of the molecule is C.CC(c1ccc(C(F)(F)F)cc1C(F)(F)F)n1cc(NC(=O)c2nnc(-c3cnccn3)s2)cn1.CCOC(=O)c1nnc(-c2cnccn2)s1.C[C@@H](c1ccc(C(F)(F)F)cc1C(F)(F)F)n1cc(NC(=O)c2ccc(-c3cnccn3)s2)cn1.C[C@H](c1ccc(C(F)(F)F)cc1C(F)(F)F)n1cc(NC(=O)c2ccc(-c3cnccn3)s2)cn1.Cc1ccc(C(C)n2cc(N)cn2)c(C(F)(F)F)c1. The second kappa shape index (κ2) is 44.3. The zero-order valence-corrected chi connectivity index (χ0v) is 75.2. The number of nitrogen functional groups attached to an aromatic ring is 1. The number of nitrogens with zero attached hydrogens (tertiary/aromatic N) is 20. The van der Waals surface area contributed by atoms with Crippen LogP contribution in [0.2, 0.25) is 0 Å². The first kappa shape index (κ1) is 106. The number of rotatable bonds is 20. The lowest BCUT2D eigenvalue weighted by Crippen LogP contribution is -2.17. The number of carbonyl (C=O) groups excluding carboxylic acids is 4. The number of nitrogens with two attached hydrogens (primary N) is 1. The Labute approximate surface area is 797 Å². The molecule has 0 fully saturated rings. The number of anilines is 4. The quantitative estimate of drug-likeness (QED) is 0.0407. The van der Waals surface area contributed by atoms with E-state index >= 15 is 0 Å². The van der Waals surface area contributed by atoms with Crippen LogP contribution in [-0.4, -0.2) is 130 Å². The maximum absolute atomic E-state index is 13.5. The van der Waals surface area contributed by atoms with E-state index < -0.39 is 147 Å². The number of aromatic nitrogens is 20. The van der Waals surface area contributed by atoms with Gasteiger partial charge in [-0.1, -0.05) is 66.0 Å². The number of aryl methyl sites for hydroxylation is 1. The molecule has 0 bridgehead atoms. The van der Waals surface area contributed by atoms with Crippen LogP contribution in [-0.2, 0) is 48.0 Å². The Morgan fingerprint density at radius 2 is 0.674 bits per heavy atom. The van der Waals surface area contributed by atoms with Crippen molar-refractivity contribution in [3.05, 3.63) is 308 Å². The van der Waals surface area contributed by atoms with Crippen molar-refractivity contribution in [2.45, 2.75) is 116 Å². The third-order valence-corrected chi connectivity index (χ3v) is 23.6. The number of alkyl halides is 21. The molecule has 16 rings (SSSR count). The van der Waals surface area contributed by atoms with Crippen molar-refractivity contribution in [3.63, 3.8) is 0 Å². The summed E-state index contributed by atoms with van der Waals surface area (Å²) in [6, 6.07) is 11.5. The van der Waals surface area contributed by atoms with Gasteiger partial charge in [0.25, 0.3) is 17.7 Å². The van der Waals surface area contributed by atoms with Gasteiger partial charge in [0.1, 0.15) is 11.4 Å². The first-order chi connectivity index (χ1) is 65.9. The summed E-state index contributed by atoms with van der Waals surface area (Å²) in [6.07, 6.45) is -5.47. The highest BCUT2D eigenvalue weighted by Crippen LogP contribution is 2.46. The topological polar surface area (TPSA) is 366 Å².